The average molecular weight is 748 g/mol. The topological polar surface area (TPSA) is 127 Å². The van der Waals surface area contributed by atoms with Gasteiger partial charge in [0, 0.05) is 58.2 Å². The maximum absolute atomic E-state index is 13.8. The van der Waals surface area contributed by atoms with Crippen molar-refractivity contribution in [1.29, 1.82) is 0 Å². The van der Waals surface area contributed by atoms with Gasteiger partial charge in [-0.05, 0) is 65.7 Å². The van der Waals surface area contributed by atoms with Gasteiger partial charge >= 0.3 is 6.18 Å². The van der Waals surface area contributed by atoms with E-state index in [1.165, 1.54) is 43.5 Å². The highest BCUT2D eigenvalue weighted by molar-refractivity contribution is 7.89. The molecular weight excluding hydrogens is 707 g/mol. The fourth-order valence-corrected chi connectivity index (χ4v) is 7.69. The van der Waals surface area contributed by atoms with Crippen LogP contribution in [0.4, 0.5) is 13.2 Å². The Morgan fingerprint density at radius 1 is 0.962 bits per heavy atom. The van der Waals surface area contributed by atoms with Crippen molar-refractivity contribution < 1.29 is 55.2 Å². The molecule has 0 aliphatic carbocycles. The number of rotatable bonds is 13. The zero-order valence-corrected chi connectivity index (χ0v) is 29.3. The number of aliphatic hydroxyl groups is 1. The minimum absolute atomic E-state index is 0.00318. The predicted octanol–water partition coefficient (Wildman–Crippen LogP) is 4.20. The lowest BCUT2D eigenvalue weighted by molar-refractivity contribution is -0.154. The number of fused-ring (bicyclic) bond motifs is 1. The van der Waals surface area contributed by atoms with E-state index < -0.39 is 40.6 Å². The number of allylic oxidation sites excluding steroid dienone is 1. The summed E-state index contributed by atoms with van der Waals surface area (Å²) in [6, 6.07) is 16.4. The maximum Gasteiger partial charge on any atom is 0.416 e. The third kappa shape index (κ3) is 8.81. The van der Waals surface area contributed by atoms with Gasteiger partial charge in [-0.1, -0.05) is 18.2 Å². The first-order chi connectivity index (χ1) is 24.9. The Labute approximate surface area is 299 Å². The summed E-state index contributed by atoms with van der Waals surface area (Å²) in [6.45, 7) is 1.96. The molecule has 1 saturated heterocycles. The number of halogens is 3. The Hall–Kier alpha value is -4.35. The van der Waals surface area contributed by atoms with Gasteiger partial charge in [0.15, 0.2) is 17.3 Å². The number of amides is 1. The molecule has 3 aliphatic rings. The number of carbonyl (C=O) groups excluding carboxylic acids is 1. The lowest BCUT2D eigenvalue weighted by Crippen LogP contribution is -2.49. The van der Waals surface area contributed by atoms with Crippen LogP contribution in [0.2, 0.25) is 0 Å². The summed E-state index contributed by atoms with van der Waals surface area (Å²) in [5, 5.41) is 9.63. The van der Waals surface area contributed by atoms with Crippen molar-refractivity contribution in [3.05, 3.63) is 95.3 Å². The predicted molar refractivity (Wildman–Crippen MR) is 181 cm³/mol. The molecule has 52 heavy (non-hydrogen) atoms. The normalized spacial score (nSPS) is 19.3. The van der Waals surface area contributed by atoms with Gasteiger partial charge in [0.05, 0.1) is 30.8 Å². The van der Waals surface area contributed by atoms with E-state index >= 15 is 0 Å². The van der Waals surface area contributed by atoms with Crippen molar-refractivity contribution in [2.24, 2.45) is 0 Å². The van der Waals surface area contributed by atoms with Crippen LogP contribution in [0.3, 0.4) is 0 Å². The van der Waals surface area contributed by atoms with E-state index in [0.29, 0.717) is 55.5 Å². The number of nitrogens with zero attached hydrogens (tertiary/aromatic N) is 3. The molecule has 3 heterocycles. The summed E-state index contributed by atoms with van der Waals surface area (Å²) >= 11 is 0. The van der Waals surface area contributed by atoms with Crippen LogP contribution >= 0.6 is 0 Å². The number of sulfonamides is 1. The summed E-state index contributed by atoms with van der Waals surface area (Å²) in [6.07, 6.45) is -3.75. The number of aliphatic hydroxyl groups excluding tert-OH is 1. The summed E-state index contributed by atoms with van der Waals surface area (Å²) in [4.78, 5) is 17.7. The van der Waals surface area contributed by atoms with Crippen molar-refractivity contribution in [2.45, 2.75) is 36.2 Å². The van der Waals surface area contributed by atoms with E-state index in [1.54, 1.807) is 11.0 Å². The number of hydrogen-bond acceptors (Lipinski definition) is 10. The molecule has 3 aromatic rings. The second kappa shape index (κ2) is 16.1. The fourth-order valence-electron chi connectivity index (χ4n) is 6.27. The first-order valence-corrected chi connectivity index (χ1v) is 18.2. The Morgan fingerprint density at radius 2 is 1.67 bits per heavy atom. The number of piperazine rings is 1. The van der Waals surface area contributed by atoms with Crippen molar-refractivity contribution in [1.82, 2.24) is 14.1 Å². The number of alkyl halides is 3. The number of carbonyl (C=O) groups is 1. The molecule has 12 nitrogen and oxygen atoms in total. The van der Waals surface area contributed by atoms with Crippen LogP contribution in [0.25, 0.3) is 0 Å². The molecule has 0 bridgehead atoms. The minimum Gasteiger partial charge on any atom is -0.497 e. The van der Waals surface area contributed by atoms with Gasteiger partial charge in [-0.25, -0.2) is 8.42 Å². The molecule has 16 heteroatoms. The molecule has 280 valence electrons. The number of ether oxygens (including phenoxy) is 5. The van der Waals surface area contributed by atoms with Crippen LogP contribution in [0.15, 0.2) is 83.5 Å². The molecule has 1 N–H and O–H groups in total. The Bertz CT molecular complexity index is 1830. The summed E-state index contributed by atoms with van der Waals surface area (Å²) in [5.74, 6) is 0.990. The molecule has 3 aromatic carbocycles. The Kier molecular flexibility index (Phi) is 11.6. The van der Waals surface area contributed by atoms with Crippen molar-refractivity contribution in [3.63, 3.8) is 0 Å². The van der Waals surface area contributed by atoms with Crippen LogP contribution in [0.1, 0.15) is 29.0 Å². The van der Waals surface area contributed by atoms with Gasteiger partial charge in [-0.15, -0.1) is 0 Å². The highest BCUT2D eigenvalue weighted by Crippen LogP contribution is 2.36. The highest BCUT2D eigenvalue weighted by Gasteiger charge is 2.34. The molecular formula is C36H40F3N3O9S. The minimum atomic E-state index is -4.51. The molecule has 1 amide bonds. The maximum atomic E-state index is 13.8. The standard InChI is InChI=1S/C36H40F3N3O9S/c1-47-29-7-9-30(10-8-29)52(45,46)42(16-18-43)17-19-48-34-22-27(26-3-5-28(6-4-26)36(37,38)39)21-33(51-34)35(44)41-14-12-40(13-15-41)23-25-2-11-31-32(20-25)50-24-49-31/h2-11,20-21,27,34,43H,12-19,22-24H2,1H3/t27-,34+/m0/s1. The van der Waals surface area contributed by atoms with Crippen LogP contribution in [0.5, 0.6) is 17.2 Å². The lowest BCUT2D eigenvalue weighted by Gasteiger charge is -2.37. The molecule has 6 rings (SSSR count). The highest BCUT2D eigenvalue weighted by atomic mass is 32.2. The average Bonchev–Trinajstić information content (AvgIpc) is 3.62. The largest absolute Gasteiger partial charge is 0.497 e. The Morgan fingerprint density at radius 3 is 2.35 bits per heavy atom. The second-order valence-corrected chi connectivity index (χ2v) is 14.4. The molecule has 1 fully saturated rings. The fraction of sp³-hybridized carbons (Fsp3) is 0.417. The molecule has 0 saturated carbocycles. The Balaban J connectivity index is 1.12. The number of hydrogen-bond donors (Lipinski definition) is 1. The van der Waals surface area contributed by atoms with Gasteiger partial charge < -0.3 is 33.7 Å². The van der Waals surface area contributed by atoms with Crippen LogP contribution < -0.4 is 14.2 Å². The van der Waals surface area contributed by atoms with Crippen LogP contribution in [-0.4, -0.2) is 106 Å². The van der Waals surface area contributed by atoms with E-state index in [4.69, 9.17) is 23.7 Å². The number of methoxy groups -OCH3 is 1. The van der Waals surface area contributed by atoms with Gasteiger partial charge in [0.2, 0.25) is 23.1 Å². The molecule has 3 aliphatic heterocycles. The first-order valence-electron chi connectivity index (χ1n) is 16.8. The van der Waals surface area contributed by atoms with E-state index in [2.05, 4.69) is 4.90 Å². The van der Waals surface area contributed by atoms with Gasteiger partial charge in [0.25, 0.3) is 5.91 Å². The van der Waals surface area contributed by atoms with Crippen LogP contribution in [-0.2, 0) is 37.0 Å². The second-order valence-electron chi connectivity index (χ2n) is 12.5. The summed E-state index contributed by atoms with van der Waals surface area (Å²) < 4.78 is 95.7. The van der Waals surface area contributed by atoms with E-state index in [9.17, 15) is 31.5 Å². The smallest absolute Gasteiger partial charge is 0.416 e. The number of benzene rings is 3. The van der Waals surface area contributed by atoms with E-state index in [0.717, 1.165) is 22.0 Å². The van der Waals surface area contributed by atoms with Crippen molar-refractivity contribution >= 4 is 15.9 Å². The van der Waals surface area contributed by atoms with Gasteiger partial charge in [-0.2, -0.15) is 17.5 Å². The quantitative estimate of drug-likeness (QED) is 0.272. The monoisotopic (exact) mass is 747 g/mol. The van der Waals surface area contributed by atoms with Crippen molar-refractivity contribution in [2.75, 3.05) is 66.4 Å². The molecule has 2 atom stereocenters. The molecule has 0 aromatic heterocycles. The lowest BCUT2D eigenvalue weighted by atomic mass is 9.92. The van der Waals surface area contributed by atoms with E-state index in [-0.39, 0.29) is 49.5 Å². The van der Waals surface area contributed by atoms with E-state index in [1.807, 2.05) is 18.2 Å². The molecule has 0 radical (unpaired) electrons. The van der Waals surface area contributed by atoms with Crippen molar-refractivity contribution in [3.8, 4) is 17.2 Å². The zero-order chi connectivity index (χ0) is 36.9. The van der Waals surface area contributed by atoms with Gasteiger partial charge in [-0.3, -0.25) is 9.69 Å². The van der Waals surface area contributed by atoms with Gasteiger partial charge in [0.1, 0.15) is 5.75 Å². The molecule has 0 spiro atoms. The SMILES string of the molecule is COc1ccc(S(=O)(=O)N(CCO)CCO[C@H]2C[C@@H](c3ccc(C(F)(F)F)cc3)C=C(C(=O)N3CCN(Cc4ccc5c(c4)OCO5)CC3)O2)cc1. The zero-order valence-electron chi connectivity index (χ0n) is 28.5. The first kappa shape index (κ1) is 37.4. The van der Waals surface area contributed by atoms with Crippen LogP contribution in [0, 0.1) is 0 Å². The molecule has 0 unspecified atom stereocenters. The third-order valence-electron chi connectivity index (χ3n) is 9.13. The summed E-state index contributed by atoms with van der Waals surface area (Å²) in [7, 11) is -2.55. The third-order valence-corrected chi connectivity index (χ3v) is 11.0. The summed E-state index contributed by atoms with van der Waals surface area (Å²) in [5.41, 5.74) is 0.792.